The van der Waals surface area contributed by atoms with Gasteiger partial charge >= 0.3 is 0 Å². The lowest BCUT2D eigenvalue weighted by atomic mass is 10.1. The van der Waals surface area contributed by atoms with E-state index in [1.165, 1.54) is 21.3 Å². The number of benzene rings is 2. The Balaban J connectivity index is 1.97. The predicted molar refractivity (Wildman–Crippen MR) is 106 cm³/mol. The van der Waals surface area contributed by atoms with E-state index in [1.54, 1.807) is 42.5 Å². The molecule has 2 aromatic carbocycles. The van der Waals surface area contributed by atoms with Crippen LogP contribution in [-0.2, 0) is 4.79 Å². The summed E-state index contributed by atoms with van der Waals surface area (Å²) in [4.78, 5) is 26.5. The van der Waals surface area contributed by atoms with Gasteiger partial charge < -0.3 is 14.2 Å². The smallest absolute Gasteiger partial charge is 0.298 e. The number of carbonyl (C=O) groups excluding carboxylic acids is 2. The van der Waals surface area contributed by atoms with Crippen molar-refractivity contribution in [2.24, 2.45) is 0 Å². The number of ether oxygens (including phenoxy) is 3. The molecule has 0 aliphatic carbocycles. The monoisotopic (exact) mass is 405 g/mol. The Morgan fingerprint density at radius 2 is 1.56 bits per heavy atom. The van der Waals surface area contributed by atoms with Gasteiger partial charge in [0.05, 0.1) is 31.9 Å². The first kappa shape index (κ1) is 19.1. The van der Waals surface area contributed by atoms with E-state index in [4.69, 9.17) is 25.8 Å². The third kappa shape index (κ3) is 3.74. The van der Waals surface area contributed by atoms with Crippen molar-refractivity contribution in [2.75, 3.05) is 26.2 Å². The number of carbonyl (C=O) groups is 2. The summed E-state index contributed by atoms with van der Waals surface area (Å²) in [7, 11) is 4.53. The molecule has 3 rings (SSSR count). The van der Waals surface area contributed by atoms with Crippen molar-refractivity contribution in [2.45, 2.75) is 0 Å². The third-order valence-corrected chi connectivity index (χ3v) is 4.98. The third-order valence-electron chi connectivity index (χ3n) is 3.86. The van der Waals surface area contributed by atoms with Crippen LogP contribution in [0.15, 0.2) is 41.3 Å². The number of hydrogen-bond donors (Lipinski definition) is 0. The van der Waals surface area contributed by atoms with Crippen molar-refractivity contribution in [1.82, 2.24) is 0 Å². The van der Waals surface area contributed by atoms with E-state index in [-0.39, 0.29) is 5.24 Å². The van der Waals surface area contributed by atoms with Gasteiger partial charge in [-0.15, -0.1) is 0 Å². The Hall–Kier alpha value is -2.64. The first-order valence-electron chi connectivity index (χ1n) is 7.82. The number of rotatable bonds is 5. The van der Waals surface area contributed by atoms with Crippen LogP contribution in [0.3, 0.4) is 0 Å². The molecular weight excluding hydrogens is 390 g/mol. The number of anilines is 1. The van der Waals surface area contributed by atoms with Crippen LogP contribution in [0.2, 0.25) is 5.02 Å². The lowest BCUT2D eigenvalue weighted by Crippen LogP contribution is -2.27. The summed E-state index contributed by atoms with van der Waals surface area (Å²) in [6.45, 7) is 0. The zero-order valence-corrected chi connectivity index (χ0v) is 16.4. The Morgan fingerprint density at radius 1 is 0.963 bits per heavy atom. The number of nitrogens with zero attached hydrogens (tertiary/aromatic N) is 1. The van der Waals surface area contributed by atoms with Crippen LogP contribution in [0.1, 0.15) is 5.56 Å². The molecule has 1 aliphatic rings. The van der Waals surface area contributed by atoms with Gasteiger partial charge in [0.15, 0.2) is 11.5 Å². The van der Waals surface area contributed by atoms with Crippen molar-refractivity contribution in [1.29, 1.82) is 0 Å². The molecule has 27 heavy (non-hydrogen) atoms. The summed E-state index contributed by atoms with van der Waals surface area (Å²) in [5.74, 6) is 0.965. The molecule has 6 nitrogen and oxygen atoms in total. The largest absolute Gasteiger partial charge is 0.493 e. The van der Waals surface area contributed by atoms with E-state index in [0.29, 0.717) is 38.4 Å². The quantitative estimate of drug-likeness (QED) is 0.677. The van der Waals surface area contributed by atoms with E-state index in [1.807, 2.05) is 0 Å². The van der Waals surface area contributed by atoms with Gasteiger partial charge in [0, 0.05) is 5.02 Å². The molecule has 1 fully saturated rings. The number of amides is 2. The molecule has 140 valence electrons. The van der Waals surface area contributed by atoms with Crippen LogP contribution in [0.25, 0.3) is 6.08 Å². The fourth-order valence-corrected chi connectivity index (χ4v) is 3.58. The van der Waals surface area contributed by atoms with E-state index < -0.39 is 5.91 Å². The number of hydrogen-bond acceptors (Lipinski definition) is 6. The van der Waals surface area contributed by atoms with Gasteiger partial charge in [-0.25, -0.2) is 4.90 Å². The fourth-order valence-electron chi connectivity index (χ4n) is 2.62. The Morgan fingerprint density at radius 3 is 2.07 bits per heavy atom. The molecule has 1 heterocycles. The summed E-state index contributed by atoms with van der Waals surface area (Å²) >= 11 is 6.74. The molecule has 0 aromatic heterocycles. The van der Waals surface area contributed by atoms with Crippen LogP contribution in [0, 0.1) is 0 Å². The molecule has 0 spiro atoms. The summed E-state index contributed by atoms with van der Waals surface area (Å²) in [5.41, 5.74) is 1.11. The normalized spacial score (nSPS) is 15.4. The van der Waals surface area contributed by atoms with E-state index in [9.17, 15) is 9.59 Å². The molecule has 2 amide bonds. The van der Waals surface area contributed by atoms with Gasteiger partial charge in [0.25, 0.3) is 11.1 Å². The van der Waals surface area contributed by atoms with Crippen LogP contribution in [0.4, 0.5) is 10.5 Å². The van der Waals surface area contributed by atoms with Crippen LogP contribution in [-0.4, -0.2) is 32.5 Å². The summed E-state index contributed by atoms with van der Waals surface area (Å²) in [6.07, 6.45) is 1.62. The van der Waals surface area contributed by atoms with Gasteiger partial charge in [0.2, 0.25) is 5.75 Å². The van der Waals surface area contributed by atoms with Crippen molar-refractivity contribution in [3.8, 4) is 17.2 Å². The fraction of sp³-hybridized carbons (Fsp3) is 0.158. The minimum Gasteiger partial charge on any atom is -0.493 e. The van der Waals surface area contributed by atoms with Crippen LogP contribution >= 0.6 is 23.4 Å². The zero-order chi connectivity index (χ0) is 19.6. The maximum Gasteiger partial charge on any atom is 0.298 e. The molecule has 0 saturated carbocycles. The molecule has 0 N–H and O–H groups in total. The second-order valence-electron chi connectivity index (χ2n) is 5.45. The van der Waals surface area contributed by atoms with Gasteiger partial charge in [-0.2, -0.15) is 0 Å². The average Bonchev–Trinajstić information content (AvgIpc) is 2.95. The minimum atomic E-state index is -0.402. The Labute approximate surface area is 165 Å². The SMILES string of the molecule is COc1cc(C=C2SC(=O)N(c3ccc(Cl)cc3)C2=O)cc(OC)c1OC. The molecule has 0 unspecified atom stereocenters. The van der Waals surface area contributed by atoms with E-state index >= 15 is 0 Å². The van der Waals surface area contributed by atoms with Gasteiger partial charge in [-0.1, -0.05) is 11.6 Å². The van der Waals surface area contributed by atoms with Gasteiger partial charge in [-0.3, -0.25) is 9.59 Å². The maximum absolute atomic E-state index is 12.7. The number of thioether (sulfide) groups is 1. The molecule has 2 aromatic rings. The molecule has 0 radical (unpaired) electrons. The minimum absolute atomic E-state index is 0.296. The number of imide groups is 1. The molecule has 8 heteroatoms. The maximum atomic E-state index is 12.7. The Bertz CT molecular complexity index is 901. The number of methoxy groups -OCH3 is 3. The molecule has 0 atom stereocenters. The van der Waals surface area contributed by atoms with Crippen LogP contribution in [0.5, 0.6) is 17.2 Å². The standard InChI is InChI=1S/C19H16ClNO5S/c1-24-14-8-11(9-15(25-2)17(14)26-3)10-16-18(22)21(19(23)27-16)13-6-4-12(20)5-7-13/h4-10H,1-3H3. The second kappa shape index (κ2) is 7.94. The summed E-state index contributed by atoms with van der Waals surface area (Å²) in [5, 5.41) is 0.153. The highest BCUT2D eigenvalue weighted by Gasteiger charge is 2.36. The molecule has 0 bridgehead atoms. The lowest BCUT2D eigenvalue weighted by Gasteiger charge is -2.13. The topological polar surface area (TPSA) is 65.1 Å². The van der Waals surface area contributed by atoms with Gasteiger partial charge in [0.1, 0.15) is 0 Å². The molecular formula is C19H16ClNO5S. The summed E-state index contributed by atoms with van der Waals surface area (Å²) < 4.78 is 15.9. The van der Waals surface area contributed by atoms with E-state index in [2.05, 4.69) is 0 Å². The van der Waals surface area contributed by atoms with Crippen molar-refractivity contribution in [3.63, 3.8) is 0 Å². The van der Waals surface area contributed by atoms with Crippen LogP contribution < -0.4 is 19.1 Å². The highest BCUT2D eigenvalue weighted by Crippen LogP contribution is 2.41. The van der Waals surface area contributed by atoms with Crippen molar-refractivity contribution in [3.05, 3.63) is 51.9 Å². The highest BCUT2D eigenvalue weighted by molar-refractivity contribution is 8.19. The van der Waals surface area contributed by atoms with Gasteiger partial charge in [-0.05, 0) is 59.8 Å². The summed E-state index contributed by atoms with van der Waals surface area (Å²) in [6, 6.07) is 9.92. The van der Waals surface area contributed by atoms with Crippen molar-refractivity contribution >= 4 is 46.3 Å². The molecule has 1 aliphatic heterocycles. The second-order valence-corrected chi connectivity index (χ2v) is 6.88. The average molecular weight is 406 g/mol. The predicted octanol–water partition coefficient (Wildman–Crippen LogP) is 4.61. The first-order valence-corrected chi connectivity index (χ1v) is 9.01. The zero-order valence-electron chi connectivity index (χ0n) is 14.8. The first-order chi connectivity index (χ1) is 13.0. The highest BCUT2D eigenvalue weighted by atomic mass is 35.5. The molecule has 1 saturated heterocycles. The number of halogens is 1. The van der Waals surface area contributed by atoms with Crippen molar-refractivity contribution < 1.29 is 23.8 Å². The lowest BCUT2D eigenvalue weighted by molar-refractivity contribution is -0.113. The Kier molecular flexibility index (Phi) is 5.62. The van der Waals surface area contributed by atoms with E-state index in [0.717, 1.165) is 16.7 Å².